The first-order valence-electron chi connectivity index (χ1n) is 9.69. The second kappa shape index (κ2) is 10.3. The second-order valence-corrected chi connectivity index (χ2v) is 8.14. The number of amides is 1. The van der Waals surface area contributed by atoms with Crippen molar-refractivity contribution in [1.82, 2.24) is 15.3 Å². The van der Waals surface area contributed by atoms with Crippen LogP contribution in [0.3, 0.4) is 0 Å². The van der Waals surface area contributed by atoms with Crippen molar-refractivity contribution in [3.63, 3.8) is 0 Å². The molecule has 0 atom stereocenters. The van der Waals surface area contributed by atoms with Crippen LogP contribution in [0, 0.1) is 0 Å². The molecule has 1 aromatic heterocycles. The predicted octanol–water partition coefficient (Wildman–Crippen LogP) is 3.64. The van der Waals surface area contributed by atoms with Crippen LogP contribution in [0.4, 0.5) is 5.95 Å². The predicted molar refractivity (Wildman–Crippen MR) is 112 cm³/mol. The van der Waals surface area contributed by atoms with Gasteiger partial charge in [-0.25, -0.2) is 9.97 Å². The standard InChI is InChI=1S/C21H28N4OS/c26-19(16-27-15-7-14-24-20-22-12-6-13-23-20)25-17-21(10-4-5-11-21)18-8-2-1-3-9-18/h1-3,6,8-9,12-13H,4-5,7,10-11,14-17H2,(H,25,26)(H,22,23,24). The summed E-state index contributed by atoms with van der Waals surface area (Å²) in [5.74, 6) is 2.26. The second-order valence-electron chi connectivity index (χ2n) is 7.04. The Morgan fingerprint density at radius 3 is 2.56 bits per heavy atom. The zero-order valence-electron chi connectivity index (χ0n) is 15.7. The zero-order chi connectivity index (χ0) is 18.8. The first-order chi connectivity index (χ1) is 13.3. The van der Waals surface area contributed by atoms with Gasteiger partial charge < -0.3 is 10.6 Å². The summed E-state index contributed by atoms with van der Waals surface area (Å²) >= 11 is 1.68. The summed E-state index contributed by atoms with van der Waals surface area (Å²) in [7, 11) is 0. The van der Waals surface area contributed by atoms with Gasteiger partial charge >= 0.3 is 0 Å². The van der Waals surface area contributed by atoms with Gasteiger partial charge in [0.1, 0.15) is 0 Å². The van der Waals surface area contributed by atoms with Gasteiger partial charge in [-0.2, -0.15) is 11.8 Å². The summed E-state index contributed by atoms with van der Waals surface area (Å²) in [6.45, 7) is 1.57. The quantitative estimate of drug-likeness (QED) is 0.612. The van der Waals surface area contributed by atoms with Crippen molar-refractivity contribution in [1.29, 1.82) is 0 Å². The Hall–Kier alpha value is -2.08. The lowest BCUT2D eigenvalue weighted by molar-refractivity contribution is -0.118. The monoisotopic (exact) mass is 384 g/mol. The fourth-order valence-electron chi connectivity index (χ4n) is 3.66. The third-order valence-corrected chi connectivity index (χ3v) is 6.16. The molecule has 1 aliphatic rings. The molecule has 1 saturated carbocycles. The molecule has 0 aliphatic heterocycles. The van der Waals surface area contributed by atoms with Gasteiger partial charge in [0.15, 0.2) is 0 Å². The zero-order valence-corrected chi connectivity index (χ0v) is 16.5. The van der Waals surface area contributed by atoms with Crippen molar-refractivity contribution in [3.05, 3.63) is 54.4 Å². The van der Waals surface area contributed by atoms with E-state index in [-0.39, 0.29) is 11.3 Å². The molecule has 0 spiro atoms. The molecule has 1 amide bonds. The highest BCUT2D eigenvalue weighted by atomic mass is 32.2. The summed E-state index contributed by atoms with van der Waals surface area (Å²) in [5, 5.41) is 6.37. The molecule has 1 aliphatic carbocycles. The van der Waals surface area contributed by atoms with Crippen LogP contribution >= 0.6 is 11.8 Å². The number of aromatic nitrogens is 2. The van der Waals surface area contributed by atoms with E-state index in [9.17, 15) is 4.79 Å². The molecule has 27 heavy (non-hydrogen) atoms. The molecular formula is C21H28N4OS. The van der Waals surface area contributed by atoms with E-state index in [4.69, 9.17) is 0 Å². The maximum Gasteiger partial charge on any atom is 0.230 e. The number of rotatable bonds is 10. The van der Waals surface area contributed by atoms with E-state index in [2.05, 4.69) is 50.9 Å². The van der Waals surface area contributed by atoms with Crippen LogP contribution < -0.4 is 10.6 Å². The average molecular weight is 385 g/mol. The summed E-state index contributed by atoms with van der Waals surface area (Å²) in [6, 6.07) is 12.5. The minimum absolute atomic E-state index is 0.126. The SMILES string of the molecule is O=C(CSCCCNc1ncccn1)NCC1(c2ccccc2)CCCC1. The van der Waals surface area contributed by atoms with Gasteiger partial charge in [0.25, 0.3) is 0 Å². The molecule has 3 rings (SSSR count). The molecule has 1 aromatic carbocycles. The summed E-state index contributed by atoms with van der Waals surface area (Å²) in [6.07, 6.45) is 9.25. The van der Waals surface area contributed by atoms with E-state index >= 15 is 0 Å². The van der Waals surface area contributed by atoms with Crippen LogP contribution in [0.15, 0.2) is 48.8 Å². The first-order valence-corrected chi connectivity index (χ1v) is 10.8. The summed E-state index contributed by atoms with van der Waals surface area (Å²) < 4.78 is 0. The molecule has 2 N–H and O–H groups in total. The number of benzene rings is 1. The van der Waals surface area contributed by atoms with Crippen molar-refractivity contribution in [2.75, 3.05) is 29.9 Å². The van der Waals surface area contributed by atoms with E-state index in [0.717, 1.165) is 38.1 Å². The first kappa shape index (κ1) is 19.7. The molecular weight excluding hydrogens is 356 g/mol. The topological polar surface area (TPSA) is 66.9 Å². The van der Waals surface area contributed by atoms with E-state index in [1.54, 1.807) is 30.2 Å². The molecule has 0 saturated heterocycles. The molecule has 0 radical (unpaired) electrons. The van der Waals surface area contributed by atoms with E-state index in [1.807, 2.05) is 0 Å². The van der Waals surface area contributed by atoms with Crippen molar-refractivity contribution in [2.24, 2.45) is 0 Å². The number of carbonyl (C=O) groups excluding carboxylic acids is 1. The molecule has 144 valence electrons. The number of hydrogen-bond donors (Lipinski definition) is 2. The molecule has 5 nitrogen and oxygen atoms in total. The molecule has 0 unspecified atom stereocenters. The van der Waals surface area contributed by atoms with E-state index in [0.29, 0.717) is 11.7 Å². The smallest absolute Gasteiger partial charge is 0.230 e. The van der Waals surface area contributed by atoms with Crippen molar-refractivity contribution >= 4 is 23.6 Å². The maximum absolute atomic E-state index is 12.3. The maximum atomic E-state index is 12.3. The fraction of sp³-hybridized carbons (Fsp3) is 0.476. The van der Waals surface area contributed by atoms with Gasteiger partial charge in [-0.1, -0.05) is 43.2 Å². The number of hydrogen-bond acceptors (Lipinski definition) is 5. The summed E-state index contributed by atoms with van der Waals surface area (Å²) in [4.78, 5) is 20.5. The van der Waals surface area contributed by atoms with Gasteiger partial charge in [0, 0.05) is 30.9 Å². The lowest BCUT2D eigenvalue weighted by Crippen LogP contribution is -2.39. The third kappa shape index (κ3) is 5.96. The van der Waals surface area contributed by atoms with Gasteiger partial charge in [-0.15, -0.1) is 0 Å². The van der Waals surface area contributed by atoms with Gasteiger partial charge in [0.2, 0.25) is 11.9 Å². The van der Waals surface area contributed by atoms with E-state index in [1.165, 1.54) is 18.4 Å². The van der Waals surface area contributed by atoms with Crippen LogP contribution in [0.1, 0.15) is 37.7 Å². The van der Waals surface area contributed by atoms with Crippen molar-refractivity contribution in [3.8, 4) is 0 Å². The molecule has 1 fully saturated rings. The number of nitrogens with zero attached hydrogens (tertiary/aromatic N) is 2. The Morgan fingerprint density at radius 2 is 1.81 bits per heavy atom. The molecule has 0 bridgehead atoms. The van der Waals surface area contributed by atoms with Crippen LogP contribution in [-0.2, 0) is 10.2 Å². The molecule has 2 aromatic rings. The van der Waals surface area contributed by atoms with Gasteiger partial charge in [-0.05, 0) is 36.6 Å². The van der Waals surface area contributed by atoms with Crippen molar-refractivity contribution < 1.29 is 4.79 Å². The van der Waals surface area contributed by atoms with E-state index < -0.39 is 0 Å². The van der Waals surface area contributed by atoms with Crippen LogP contribution in [0.5, 0.6) is 0 Å². The number of thioether (sulfide) groups is 1. The Balaban J connectivity index is 1.33. The average Bonchev–Trinajstić information content (AvgIpc) is 3.21. The third-order valence-electron chi connectivity index (χ3n) is 5.12. The highest BCUT2D eigenvalue weighted by Gasteiger charge is 2.35. The fourth-order valence-corrected chi connectivity index (χ4v) is 4.44. The lowest BCUT2D eigenvalue weighted by Gasteiger charge is -2.30. The molecule has 1 heterocycles. The van der Waals surface area contributed by atoms with Crippen molar-refractivity contribution in [2.45, 2.75) is 37.5 Å². The lowest BCUT2D eigenvalue weighted by atomic mass is 9.79. The number of carbonyl (C=O) groups is 1. The van der Waals surface area contributed by atoms with Gasteiger partial charge in [-0.3, -0.25) is 4.79 Å². The Labute approximate surface area is 165 Å². The van der Waals surface area contributed by atoms with Crippen LogP contribution in [-0.4, -0.2) is 40.5 Å². The Kier molecular flexibility index (Phi) is 7.51. The Morgan fingerprint density at radius 1 is 1.07 bits per heavy atom. The van der Waals surface area contributed by atoms with Crippen LogP contribution in [0.2, 0.25) is 0 Å². The Bertz CT molecular complexity index is 690. The highest BCUT2D eigenvalue weighted by molar-refractivity contribution is 7.99. The number of anilines is 1. The van der Waals surface area contributed by atoms with Gasteiger partial charge in [0.05, 0.1) is 5.75 Å². The molecule has 6 heteroatoms. The minimum atomic E-state index is 0.126. The van der Waals surface area contributed by atoms with Crippen LogP contribution in [0.25, 0.3) is 0 Å². The highest BCUT2D eigenvalue weighted by Crippen LogP contribution is 2.40. The largest absolute Gasteiger partial charge is 0.354 e. The number of nitrogens with one attached hydrogen (secondary N) is 2. The minimum Gasteiger partial charge on any atom is -0.354 e. The normalized spacial score (nSPS) is 15.4. The summed E-state index contributed by atoms with van der Waals surface area (Å²) in [5.41, 5.74) is 1.49.